The van der Waals surface area contributed by atoms with E-state index in [2.05, 4.69) is 15.4 Å². The first kappa shape index (κ1) is 11.9. The number of pyridine rings is 1. The molecular formula is C11H13N5O2. The second-order valence-corrected chi connectivity index (χ2v) is 3.85. The lowest BCUT2D eigenvalue weighted by Crippen LogP contribution is -2.19. The molecule has 1 amide bonds. The molecule has 0 aliphatic rings. The van der Waals surface area contributed by atoms with Crippen molar-refractivity contribution < 1.29 is 4.79 Å². The van der Waals surface area contributed by atoms with Crippen LogP contribution in [0.2, 0.25) is 0 Å². The quantitative estimate of drug-likeness (QED) is 0.707. The van der Waals surface area contributed by atoms with Gasteiger partial charge in [0.05, 0.1) is 11.4 Å². The number of aromatic amines is 1. The van der Waals surface area contributed by atoms with Gasteiger partial charge in [0, 0.05) is 13.1 Å². The van der Waals surface area contributed by atoms with Crippen LogP contribution in [0.3, 0.4) is 0 Å². The molecule has 2 aromatic heterocycles. The molecule has 94 valence electrons. The average molecular weight is 247 g/mol. The van der Waals surface area contributed by atoms with Gasteiger partial charge in [0.1, 0.15) is 5.69 Å². The zero-order chi connectivity index (χ0) is 13.3. The summed E-state index contributed by atoms with van der Waals surface area (Å²) in [5, 5.41) is 6.69. The van der Waals surface area contributed by atoms with E-state index in [1.807, 2.05) is 0 Å². The smallest absolute Gasteiger partial charge is 0.273 e. The maximum atomic E-state index is 11.9. The molecule has 7 heteroatoms. The molecule has 0 aliphatic carbocycles. The number of nitrogens with one attached hydrogen (secondary N) is 2. The van der Waals surface area contributed by atoms with Crippen LogP contribution in [0.15, 0.2) is 23.0 Å². The van der Waals surface area contributed by atoms with Crippen molar-refractivity contribution in [1.82, 2.24) is 14.8 Å². The number of anilines is 2. The molecule has 2 aromatic rings. The highest BCUT2D eigenvalue weighted by Gasteiger charge is 2.14. The van der Waals surface area contributed by atoms with E-state index in [0.29, 0.717) is 17.2 Å². The molecular weight excluding hydrogens is 234 g/mol. The predicted octanol–water partition coefficient (Wildman–Crippen LogP) is 0.251. The Morgan fingerprint density at radius 2 is 2.22 bits per heavy atom. The molecule has 4 N–H and O–H groups in total. The van der Waals surface area contributed by atoms with E-state index >= 15 is 0 Å². The number of aromatic nitrogens is 3. The second kappa shape index (κ2) is 4.36. The van der Waals surface area contributed by atoms with Crippen molar-refractivity contribution in [2.45, 2.75) is 6.92 Å². The van der Waals surface area contributed by atoms with Crippen LogP contribution in [0.25, 0.3) is 0 Å². The van der Waals surface area contributed by atoms with Gasteiger partial charge in [-0.2, -0.15) is 5.10 Å². The van der Waals surface area contributed by atoms with Gasteiger partial charge in [0.2, 0.25) is 5.56 Å². The topological polar surface area (TPSA) is 106 Å². The molecule has 18 heavy (non-hydrogen) atoms. The molecule has 0 saturated carbocycles. The maximum absolute atomic E-state index is 11.9. The highest BCUT2D eigenvalue weighted by atomic mass is 16.2. The SMILES string of the molecule is Cc1nn(C)c(NC(=O)c2cccc(=O)[nH]2)c1N. The van der Waals surface area contributed by atoms with Gasteiger partial charge in [-0.25, -0.2) is 0 Å². The standard InChI is InChI=1S/C11H13N5O2/c1-6-9(12)10(16(2)15-6)14-11(18)7-4-3-5-8(17)13-7/h3-5H,12H2,1-2H3,(H,13,17)(H,14,18). The van der Waals surface area contributed by atoms with Crippen LogP contribution >= 0.6 is 0 Å². The van der Waals surface area contributed by atoms with Gasteiger partial charge in [-0.15, -0.1) is 0 Å². The molecule has 0 atom stereocenters. The molecule has 0 unspecified atom stereocenters. The molecule has 0 aromatic carbocycles. The zero-order valence-corrected chi connectivity index (χ0v) is 10.0. The van der Waals surface area contributed by atoms with Crippen molar-refractivity contribution in [3.05, 3.63) is 39.9 Å². The summed E-state index contributed by atoms with van der Waals surface area (Å²) in [5.74, 6) is -0.0374. The minimum absolute atomic E-state index is 0.167. The third kappa shape index (κ3) is 2.10. The van der Waals surface area contributed by atoms with Crippen LogP contribution in [-0.2, 0) is 7.05 Å². The largest absolute Gasteiger partial charge is 0.394 e. The van der Waals surface area contributed by atoms with Gasteiger partial charge in [0.15, 0.2) is 5.82 Å². The second-order valence-electron chi connectivity index (χ2n) is 3.85. The Kier molecular flexibility index (Phi) is 2.88. The molecule has 2 rings (SSSR count). The monoisotopic (exact) mass is 247 g/mol. The summed E-state index contributed by atoms with van der Waals surface area (Å²) < 4.78 is 1.48. The molecule has 0 fully saturated rings. The highest BCUT2D eigenvalue weighted by molar-refractivity contribution is 6.03. The number of hydrogen-bond donors (Lipinski definition) is 3. The molecule has 7 nitrogen and oxygen atoms in total. The van der Waals surface area contributed by atoms with E-state index in [0.717, 1.165) is 0 Å². The first-order valence-electron chi connectivity index (χ1n) is 5.29. The molecule has 0 radical (unpaired) electrons. The van der Waals surface area contributed by atoms with Gasteiger partial charge in [-0.1, -0.05) is 6.07 Å². The Balaban J connectivity index is 2.29. The van der Waals surface area contributed by atoms with Crippen LogP contribution in [0.1, 0.15) is 16.2 Å². The molecule has 0 aliphatic heterocycles. The maximum Gasteiger partial charge on any atom is 0.273 e. The number of nitrogens with zero attached hydrogens (tertiary/aromatic N) is 2. The number of aryl methyl sites for hydroxylation is 2. The fourth-order valence-corrected chi connectivity index (χ4v) is 1.58. The van der Waals surface area contributed by atoms with Crippen molar-refractivity contribution in [3.8, 4) is 0 Å². The van der Waals surface area contributed by atoms with E-state index in [-0.39, 0.29) is 11.3 Å². The van der Waals surface area contributed by atoms with E-state index in [9.17, 15) is 9.59 Å². The van der Waals surface area contributed by atoms with Crippen molar-refractivity contribution in [2.24, 2.45) is 7.05 Å². The lowest BCUT2D eigenvalue weighted by Gasteiger charge is -2.06. The van der Waals surface area contributed by atoms with Crippen LogP contribution < -0.4 is 16.6 Å². The number of carbonyl (C=O) groups excluding carboxylic acids is 1. The fourth-order valence-electron chi connectivity index (χ4n) is 1.58. The van der Waals surface area contributed by atoms with Gasteiger partial charge in [-0.05, 0) is 13.0 Å². The Morgan fingerprint density at radius 1 is 1.50 bits per heavy atom. The third-order valence-electron chi connectivity index (χ3n) is 2.51. The van der Waals surface area contributed by atoms with E-state index in [1.165, 1.54) is 22.9 Å². The first-order valence-corrected chi connectivity index (χ1v) is 5.29. The van der Waals surface area contributed by atoms with Crippen molar-refractivity contribution in [2.75, 3.05) is 11.1 Å². The summed E-state index contributed by atoms with van der Waals surface area (Å²) in [6.45, 7) is 1.75. The van der Waals surface area contributed by atoms with Crippen molar-refractivity contribution >= 4 is 17.4 Å². The van der Waals surface area contributed by atoms with Crippen molar-refractivity contribution in [3.63, 3.8) is 0 Å². The zero-order valence-electron chi connectivity index (χ0n) is 10.0. The van der Waals surface area contributed by atoms with Gasteiger partial charge >= 0.3 is 0 Å². The number of H-pyrrole nitrogens is 1. The minimum atomic E-state index is -0.442. The summed E-state index contributed by atoms with van der Waals surface area (Å²) in [7, 11) is 1.67. The summed E-state index contributed by atoms with van der Waals surface area (Å²) in [5.41, 5.74) is 6.66. The summed E-state index contributed by atoms with van der Waals surface area (Å²) in [6.07, 6.45) is 0. The highest BCUT2D eigenvalue weighted by Crippen LogP contribution is 2.21. The third-order valence-corrected chi connectivity index (χ3v) is 2.51. The average Bonchev–Trinajstić information content (AvgIpc) is 2.56. The number of carbonyl (C=O) groups is 1. The Bertz CT molecular complexity index is 656. The summed E-state index contributed by atoms with van der Waals surface area (Å²) in [4.78, 5) is 25.4. The number of hydrogen-bond acceptors (Lipinski definition) is 4. The number of nitrogen functional groups attached to an aromatic ring is 1. The summed E-state index contributed by atoms with van der Waals surface area (Å²) in [6, 6.07) is 4.35. The predicted molar refractivity (Wildman–Crippen MR) is 67.4 cm³/mol. The fraction of sp³-hybridized carbons (Fsp3) is 0.182. The number of amides is 1. The minimum Gasteiger partial charge on any atom is -0.394 e. The van der Waals surface area contributed by atoms with E-state index in [4.69, 9.17) is 5.73 Å². The van der Waals surface area contributed by atoms with Gasteiger partial charge < -0.3 is 16.0 Å². The number of rotatable bonds is 2. The first-order chi connectivity index (χ1) is 8.49. The van der Waals surface area contributed by atoms with Crippen molar-refractivity contribution in [1.29, 1.82) is 0 Å². The van der Waals surface area contributed by atoms with E-state index < -0.39 is 5.91 Å². The Morgan fingerprint density at radius 3 is 2.78 bits per heavy atom. The Hall–Kier alpha value is -2.57. The molecule has 0 bridgehead atoms. The molecule has 2 heterocycles. The Labute approximate surface area is 103 Å². The lowest BCUT2D eigenvalue weighted by atomic mass is 10.3. The van der Waals surface area contributed by atoms with E-state index in [1.54, 1.807) is 14.0 Å². The van der Waals surface area contributed by atoms with Gasteiger partial charge in [0.25, 0.3) is 5.91 Å². The molecule has 0 spiro atoms. The van der Waals surface area contributed by atoms with Gasteiger partial charge in [-0.3, -0.25) is 14.3 Å². The number of nitrogens with two attached hydrogens (primary N) is 1. The van der Waals surface area contributed by atoms with Crippen LogP contribution in [0.4, 0.5) is 11.5 Å². The molecule has 0 saturated heterocycles. The lowest BCUT2D eigenvalue weighted by molar-refractivity contribution is 0.102. The summed E-state index contributed by atoms with van der Waals surface area (Å²) >= 11 is 0. The van der Waals surface area contributed by atoms with Crippen LogP contribution in [0, 0.1) is 6.92 Å². The normalized spacial score (nSPS) is 10.3. The van der Waals surface area contributed by atoms with Crippen LogP contribution in [-0.4, -0.2) is 20.7 Å². The van der Waals surface area contributed by atoms with Crippen LogP contribution in [0.5, 0.6) is 0 Å².